The predicted molar refractivity (Wildman–Crippen MR) is 133 cm³/mol. The number of anilines is 1. The number of alkyl halides is 6. The number of likely N-dealkylation sites (tertiary alicyclic amines) is 1. The number of ether oxygens (including phenoxy) is 1. The average Bonchev–Trinajstić information content (AvgIpc) is 3.73. The van der Waals surface area contributed by atoms with Crippen LogP contribution in [-0.4, -0.2) is 36.6 Å². The van der Waals surface area contributed by atoms with E-state index in [1.807, 2.05) is 18.2 Å². The van der Waals surface area contributed by atoms with Gasteiger partial charge in [0.2, 0.25) is 0 Å². The molecular weight excluding hydrogens is 538 g/mol. The van der Waals surface area contributed by atoms with Gasteiger partial charge in [-0.3, -0.25) is 4.90 Å². The third-order valence-electron chi connectivity index (χ3n) is 8.52. The van der Waals surface area contributed by atoms with Crippen LogP contribution in [0, 0.1) is 17.8 Å². The number of carbonyl (C=O) groups is 1. The molecule has 1 N–H and O–H groups in total. The standard InChI is InChI=1S/C29H32F6N2O3/c1-16(27(38)39)26(18-2-3-18)19-4-7-25-23(13-19)36-24(15-40-25)17-8-10-37(11-9-17)14-20-12-21(28(30,31)32)5-6-22(20)29(33,34)35/h4-7,12-13,16-18,24,26,36H,2-3,8-11,14-15H2,1H3,(H,38,39)/p-1/t16-,24?,26?/m0/s1. The van der Waals surface area contributed by atoms with E-state index in [9.17, 15) is 36.2 Å². The number of hydrogen-bond donors (Lipinski definition) is 1. The van der Waals surface area contributed by atoms with Crippen LogP contribution in [0.25, 0.3) is 0 Å². The van der Waals surface area contributed by atoms with Crippen LogP contribution in [0.2, 0.25) is 0 Å². The highest BCUT2D eigenvalue weighted by atomic mass is 19.4. The highest BCUT2D eigenvalue weighted by Gasteiger charge is 2.39. The number of hydrogen-bond acceptors (Lipinski definition) is 5. The van der Waals surface area contributed by atoms with Gasteiger partial charge in [0.05, 0.1) is 22.9 Å². The lowest BCUT2D eigenvalue weighted by Crippen LogP contribution is -2.44. The maximum Gasteiger partial charge on any atom is 0.416 e. The first-order chi connectivity index (χ1) is 18.8. The fourth-order valence-corrected chi connectivity index (χ4v) is 6.17. The predicted octanol–water partition coefficient (Wildman–Crippen LogP) is 5.69. The molecule has 2 aromatic carbocycles. The van der Waals surface area contributed by atoms with Crippen LogP contribution in [0.1, 0.15) is 60.8 Å². The summed E-state index contributed by atoms with van der Waals surface area (Å²) in [5.74, 6) is -0.695. The lowest BCUT2D eigenvalue weighted by atomic mass is 9.82. The van der Waals surface area contributed by atoms with Crippen LogP contribution in [0.4, 0.5) is 32.0 Å². The number of fused-ring (bicyclic) bond motifs is 1. The zero-order valence-electron chi connectivity index (χ0n) is 21.9. The molecule has 0 spiro atoms. The van der Waals surface area contributed by atoms with Crippen LogP contribution >= 0.6 is 0 Å². The molecular formula is C29H31F6N2O3-. The van der Waals surface area contributed by atoms with E-state index in [0.29, 0.717) is 62.4 Å². The number of aliphatic carboxylic acids is 1. The van der Waals surface area contributed by atoms with Gasteiger partial charge >= 0.3 is 12.4 Å². The number of piperidine rings is 1. The van der Waals surface area contributed by atoms with Crippen molar-refractivity contribution in [2.24, 2.45) is 17.8 Å². The molecule has 2 aliphatic heterocycles. The van der Waals surface area contributed by atoms with E-state index in [1.165, 1.54) is 0 Å². The number of nitrogens with zero attached hydrogens (tertiary/aromatic N) is 1. The number of carbonyl (C=O) groups excluding carboxylic acids is 1. The molecule has 5 nitrogen and oxygen atoms in total. The normalized spacial score (nSPS) is 22.1. The second kappa shape index (κ2) is 10.8. The Morgan fingerprint density at radius 2 is 1.73 bits per heavy atom. The fourth-order valence-electron chi connectivity index (χ4n) is 6.17. The molecule has 2 fully saturated rings. The van der Waals surface area contributed by atoms with Crippen molar-refractivity contribution in [3.05, 3.63) is 58.7 Å². The Morgan fingerprint density at radius 3 is 2.33 bits per heavy atom. The van der Waals surface area contributed by atoms with Gasteiger partial charge in [-0.1, -0.05) is 13.0 Å². The molecule has 0 amide bonds. The summed E-state index contributed by atoms with van der Waals surface area (Å²) < 4.78 is 86.1. The summed E-state index contributed by atoms with van der Waals surface area (Å²) in [7, 11) is 0. The smallest absolute Gasteiger partial charge is 0.416 e. The first kappa shape index (κ1) is 28.6. The van der Waals surface area contributed by atoms with Gasteiger partial charge in [-0.25, -0.2) is 0 Å². The summed E-state index contributed by atoms with van der Waals surface area (Å²) in [6, 6.07) is 7.25. The molecule has 2 unspecified atom stereocenters. The van der Waals surface area contributed by atoms with Crippen LogP contribution in [-0.2, 0) is 23.7 Å². The molecule has 1 saturated heterocycles. The minimum absolute atomic E-state index is 0.0536. The zero-order valence-corrected chi connectivity index (χ0v) is 21.9. The van der Waals surface area contributed by atoms with Gasteiger partial charge in [-0.15, -0.1) is 0 Å². The van der Waals surface area contributed by atoms with E-state index in [-0.39, 0.29) is 30.0 Å². The van der Waals surface area contributed by atoms with E-state index in [2.05, 4.69) is 5.32 Å². The molecule has 40 heavy (non-hydrogen) atoms. The second-order valence-corrected chi connectivity index (χ2v) is 11.3. The molecule has 218 valence electrons. The lowest BCUT2D eigenvalue weighted by Gasteiger charge is -2.39. The largest absolute Gasteiger partial charge is 0.550 e. The van der Waals surface area contributed by atoms with Gasteiger partial charge in [-0.2, -0.15) is 26.3 Å². The molecule has 5 rings (SSSR count). The molecule has 0 aromatic heterocycles. The Hall–Kier alpha value is -2.95. The Balaban J connectivity index is 1.24. The quantitative estimate of drug-likeness (QED) is 0.435. The van der Waals surface area contributed by atoms with E-state index in [0.717, 1.165) is 24.1 Å². The fraction of sp³-hybridized carbons (Fsp3) is 0.552. The van der Waals surface area contributed by atoms with Gasteiger partial charge < -0.3 is 20.0 Å². The van der Waals surface area contributed by atoms with E-state index in [1.54, 1.807) is 11.8 Å². The number of halogens is 6. The molecule has 2 aromatic rings. The van der Waals surface area contributed by atoms with Crippen molar-refractivity contribution in [3.63, 3.8) is 0 Å². The van der Waals surface area contributed by atoms with Gasteiger partial charge in [0.1, 0.15) is 12.4 Å². The average molecular weight is 570 g/mol. The van der Waals surface area contributed by atoms with E-state index < -0.39 is 35.4 Å². The van der Waals surface area contributed by atoms with Crippen LogP contribution in [0.15, 0.2) is 36.4 Å². The summed E-state index contributed by atoms with van der Waals surface area (Å²) in [6.07, 6.45) is -6.23. The van der Waals surface area contributed by atoms with Gasteiger partial charge in [0.25, 0.3) is 0 Å². The van der Waals surface area contributed by atoms with Crippen molar-refractivity contribution >= 4 is 11.7 Å². The number of rotatable bonds is 7. The third kappa shape index (κ3) is 6.19. The molecule has 11 heteroatoms. The molecule has 1 saturated carbocycles. The van der Waals surface area contributed by atoms with Gasteiger partial charge in [-0.05, 0) is 98.0 Å². The Kier molecular flexibility index (Phi) is 7.71. The summed E-state index contributed by atoms with van der Waals surface area (Å²) in [6.45, 7) is 2.75. The number of nitrogens with one attached hydrogen (secondary N) is 1. The second-order valence-electron chi connectivity index (χ2n) is 11.3. The Bertz CT molecular complexity index is 1240. The number of carboxylic acids is 1. The van der Waals surface area contributed by atoms with Crippen molar-refractivity contribution in [3.8, 4) is 5.75 Å². The number of carboxylic acid groups (broad SMARTS) is 1. The zero-order chi connectivity index (χ0) is 28.8. The summed E-state index contributed by atoms with van der Waals surface area (Å²) in [5.41, 5.74) is -0.811. The monoisotopic (exact) mass is 569 g/mol. The summed E-state index contributed by atoms with van der Waals surface area (Å²) in [5, 5.41) is 15.1. The highest BCUT2D eigenvalue weighted by molar-refractivity contribution is 5.69. The Morgan fingerprint density at radius 1 is 1.02 bits per heavy atom. The minimum atomic E-state index is -4.75. The number of benzene rings is 2. The van der Waals surface area contributed by atoms with Crippen LogP contribution in [0.5, 0.6) is 5.75 Å². The first-order valence-electron chi connectivity index (χ1n) is 13.5. The third-order valence-corrected chi connectivity index (χ3v) is 8.52. The molecule has 2 heterocycles. The summed E-state index contributed by atoms with van der Waals surface area (Å²) >= 11 is 0. The SMILES string of the molecule is C[C@H](C(=O)[O-])C(c1ccc2c(c1)NC(C1CCN(Cc3cc(C(F)(F)F)ccc3C(F)(F)F)CC1)CO2)C1CC1. The lowest BCUT2D eigenvalue weighted by molar-refractivity contribution is -0.311. The molecule has 3 atom stereocenters. The van der Waals surface area contributed by atoms with Gasteiger partial charge in [0, 0.05) is 18.4 Å². The molecule has 0 radical (unpaired) electrons. The Labute approximate surface area is 228 Å². The van der Waals surface area contributed by atoms with Gasteiger partial charge in [0.15, 0.2) is 0 Å². The first-order valence-corrected chi connectivity index (χ1v) is 13.5. The molecule has 0 bridgehead atoms. The minimum Gasteiger partial charge on any atom is -0.550 e. The van der Waals surface area contributed by atoms with Crippen molar-refractivity contribution < 1.29 is 41.0 Å². The van der Waals surface area contributed by atoms with Crippen LogP contribution in [0.3, 0.4) is 0 Å². The van der Waals surface area contributed by atoms with Crippen molar-refractivity contribution in [1.82, 2.24) is 4.90 Å². The van der Waals surface area contributed by atoms with Crippen molar-refractivity contribution in [2.45, 2.75) is 63.5 Å². The van der Waals surface area contributed by atoms with Crippen molar-refractivity contribution in [2.75, 3.05) is 25.0 Å². The molecule has 1 aliphatic carbocycles. The van der Waals surface area contributed by atoms with Crippen molar-refractivity contribution in [1.29, 1.82) is 0 Å². The topological polar surface area (TPSA) is 64.6 Å². The maximum absolute atomic E-state index is 13.5. The summed E-state index contributed by atoms with van der Waals surface area (Å²) in [4.78, 5) is 13.4. The molecule has 3 aliphatic rings. The highest BCUT2D eigenvalue weighted by Crippen LogP contribution is 2.48. The van der Waals surface area contributed by atoms with E-state index >= 15 is 0 Å². The van der Waals surface area contributed by atoms with E-state index in [4.69, 9.17) is 4.74 Å². The van der Waals surface area contributed by atoms with Crippen LogP contribution < -0.4 is 15.2 Å². The maximum atomic E-state index is 13.5.